The number of nitrogens with zero attached hydrogens (tertiary/aromatic N) is 4. The van der Waals surface area contributed by atoms with Gasteiger partial charge in [0.2, 0.25) is 0 Å². The molecular weight excluding hydrogens is 396 g/mol. The quantitative estimate of drug-likeness (QED) is 0.458. The Labute approximate surface area is 180 Å². The van der Waals surface area contributed by atoms with Crippen LogP contribution < -0.4 is 0 Å². The molecule has 0 atom stereocenters. The minimum atomic E-state index is -0.228. The summed E-state index contributed by atoms with van der Waals surface area (Å²) in [6, 6.07) is 15.3. The third kappa shape index (κ3) is 3.65. The number of hydrogen-bond acceptors (Lipinski definition) is 5. The van der Waals surface area contributed by atoms with Crippen molar-refractivity contribution in [2.45, 2.75) is 31.3 Å². The summed E-state index contributed by atoms with van der Waals surface area (Å²) >= 11 is 1.48. The summed E-state index contributed by atoms with van der Waals surface area (Å²) < 4.78 is 1.94. The van der Waals surface area contributed by atoms with Gasteiger partial charge in [-0.2, -0.15) is 0 Å². The average molecular weight is 421 g/mol. The van der Waals surface area contributed by atoms with Gasteiger partial charge in [-0.15, -0.1) is 10.2 Å². The van der Waals surface area contributed by atoms with Crippen LogP contribution in [0, 0.1) is 0 Å². The lowest BCUT2D eigenvalue weighted by atomic mass is 9.87. The van der Waals surface area contributed by atoms with Gasteiger partial charge in [0.1, 0.15) is 0 Å². The zero-order valence-corrected chi connectivity index (χ0v) is 18.4. The van der Waals surface area contributed by atoms with Crippen molar-refractivity contribution in [3.05, 3.63) is 65.2 Å². The number of fused-ring (bicyclic) bond motifs is 1. The SMILES string of the molecule is Cn1c(SCCN2C(=O)c3ccccc3C2=O)nnc1-c1ccc(C(C)(C)C)cc1. The molecule has 1 aliphatic rings. The van der Waals surface area contributed by atoms with Gasteiger partial charge >= 0.3 is 0 Å². The molecule has 0 aliphatic carbocycles. The highest BCUT2D eigenvalue weighted by molar-refractivity contribution is 7.99. The molecule has 30 heavy (non-hydrogen) atoms. The van der Waals surface area contributed by atoms with Crippen molar-refractivity contribution >= 4 is 23.6 Å². The summed E-state index contributed by atoms with van der Waals surface area (Å²) in [7, 11) is 1.93. The summed E-state index contributed by atoms with van der Waals surface area (Å²) in [5.74, 6) is 0.890. The fourth-order valence-corrected chi connectivity index (χ4v) is 4.32. The molecule has 1 aromatic heterocycles. The van der Waals surface area contributed by atoms with E-state index >= 15 is 0 Å². The molecule has 2 heterocycles. The Kier molecular flexibility index (Phi) is 5.24. The van der Waals surface area contributed by atoms with E-state index in [1.165, 1.54) is 22.2 Å². The first-order valence-corrected chi connectivity index (χ1v) is 10.8. The maximum Gasteiger partial charge on any atom is 0.261 e. The van der Waals surface area contributed by atoms with Gasteiger partial charge < -0.3 is 4.57 Å². The van der Waals surface area contributed by atoms with Crippen LogP contribution in [0.1, 0.15) is 47.1 Å². The van der Waals surface area contributed by atoms with E-state index in [1.54, 1.807) is 24.3 Å². The van der Waals surface area contributed by atoms with Gasteiger partial charge in [-0.3, -0.25) is 14.5 Å². The largest absolute Gasteiger partial charge is 0.305 e. The van der Waals surface area contributed by atoms with Crippen molar-refractivity contribution in [2.24, 2.45) is 7.05 Å². The van der Waals surface area contributed by atoms with Crippen molar-refractivity contribution in [2.75, 3.05) is 12.3 Å². The second-order valence-corrected chi connectivity index (χ2v) is 9.41. The smallest absolute Gasteiger partial charge is 0.261 e. The molecule has 0 saturated heterocycles. The Bertz CT molecular complexity index is 1080. The molecule has 2 aromatic carbocycles. The Balaban J connectivity index is 1.42. The number of hydrogen-bond donors (Lipinski definition) is 0. The molecule has 6 nitrogen and oxygen atoms in total. The number of amides is 2. The van der Waals surface area contributed by atoms with E-state index in [0.717, 1.165) is 16.5 Å². The lowest BCUT2D eigenvalue weighted by Gasteiger charge is -2.19. The van der Waals surface area contributed by atoms with Crippen LogP contribution in [0.4, 0.5) is 0 Å². The second kappa shape index (κ2) is 7.72. The molecule has 0 spiro atoms. The summed E-state index contributed by atoms with van der Waals surface area (Å²) in [4.78, 5) is 26.2. The van der Waals surface area contributed by atoms with Crippen LogP contribution in [0.2, 0.25) is 0 Å². The summed E-state index contributed by atoms with van der Waals surface area (Å²) in [5.41, 5.74) is 3.33. The third-order valence-corrected chi connectivity index (χ3v) is 6.27. The molecule has 3 aromatic rings. The summed E-state index contributed by atoms with van der Waals surface area (Å²) in [6.07, 6.45) is 0. The van der Waals surface area contributed by atoms with E-state index in [0.29, 0.717) is 23.4 Å². The Morgan fingerprint density at radius 2 is 1.50 bits per heavy atom. The standard InChI is InChI=1S/C23H24N4O2S/c1-23(2,3)16-11-9-15(10-12-16)19-24-25-22(26(19)4)30-14-13-27-20(28)17-7-5-6-8-18(17)21(27)29/h5-12H,13-14H2,1-4H3. The number of benzene rings is 2. The number of aromatic nitrogens is 3. The van der Waals surface area contributed by atoms with Crippen LogP contribution in [0.25, 0.3) is 11.4 Å². The van der Waals surface area contributed by atoms with Crippen molar-refractivity contribution in [1.82, 2.24) is 19.7 Å². The van der Waals surface area contributed by atoms with Crippen molar-refractivity contribution in [3.8, 4) is 11.4 Å². The number of thioether (sulfide) groups is 1. The fourth-order valence-electron chi connectivity index (χ4n) is 3.48. The third-order valence-electron chi connectivity index (χ3n) is 5.27. The van der Waals surface area contributed by atoms with E-state index in [4.69, 9.17) is 0 Å². The molecule has 0 bridgehead atoms. The van der Waals surface area contributed by atoms with Crippen LogP contribution >= 0.6 is 11.8 Å². The Hall–Kier alpha value is -2.93. The van der Waals surface area contributed by atoms with Gasteiger partial charge in [0.05, 0.1) is 11.1 Å². The van der Waals surface area contributed by atoms with Gasteiger partial charge in [-0.25, -0.2) is 0 Å². The number of carbonyl (C=O) groups excluding carboxylic acids is 2. The van der Waals surface area contributed by atoms with E-state index in [-0.39, 0.29) is 17.2 Å². The monoisotopic (exact) mass is 420 g/mol. The van der Waals surface area contributed by atoms with Gasteiger partial charge in [0, 0.05) is 24.9 Å². The molecule has 154 valence electrons. The maximum atomic E-state index is 12.5. The van der Waals surface area contributed by atoms with Crippen molar-refractivity contribution < 1.29 is 9.59 Å². The summed E-state index contributed by atoms with van der Waals surface area (Å²) in [6.45, 7) is 6.90. The molecule has 0 saturated carbocycles. The van der Waals surface area contributed by atoms with Crippen molar-refractivity contribution in [1.29, 1.82) is 0 Å². The molecule has 1 aliphatic heterocycles. The molecular formula is C23H24N4O2S. The van der Waals surface area contributed by atoms with Crippen LogP contribution in [-0.4, -0.2) is 43.8 Å². The van der Waals surface area contributed by atoms with Crippen molar-refractivity contribution in [3.63, 3.8) is 0 Å². The van der Waals surface area contributed by atoms with E-state index < -0.39 is 0 Å². The predicted octanol–water partition coefficient (Wildman–Crippen LogP) is 4.17. The number of rotatable bonds is 5. The lowest BCUT2D eigenvalue weighted by molar-refractivity contribution is 0.0664. The van der Waals surface area contributed by atoms with E-state index in [2.05, 4.69) is 55.2 Å². The topological polar surface area (TPSA) is 68.1 Å². The maximum absolute atomic E-state index is 12.5. The normalized spacial score (nSPS) is 13.8. The lowest BCUT2D eigenvalue weighted by Crippen LogP contribution is -2.31. The molecule has 7 heteroatoms. The zero-order valence-electron chi connectivity index (χ0n) is 17.5. The van der Waals surface area contributed by atoms with Gasteiger partial charge in [0.15, 0.2) is 11.0 Å². The van der Waals surface area contributed by atoms with Crippen LogP contribution in [0.15, 0.2) is 53.7 Å². The van der Waals surface area contributed by atoms with E-state index in [9.17, 15) is 9.59 Å². The molecule has 0 unspecified atom stereocenters. The van der Waals surface area contributed by atoms with Crippen LogP contribution in [0.3, 0.4) is 0 Å². The average Bonchev–Trinajstić information content (AvgIpc) is 3.20. The first kappa shape index (κ1) is 20.3. The molecule has 2 amide bonds. The Morgan fingerprint density at radius 3 is 2.07 bits per heavy atom. The molecule has 0 N–H and O–H groups in total. The summed E-state index contributed by atoms with van der Waals surface area (Å²) in [5, 5.41) is 9.38. The number of carbonyl (C=O) groups is 2. The van der Waals surface area contributed by atoms with Crippen LogP contribution in [-0.2, 0) is 12.5 Å². The highest BCUT2D eigenvalue weighted by Crippen LogP contribution is 2.28. The van der Waals surface area contributed by atoms with Gasteiger partial charge in [0.25, 0.3) is 11.8 Å². The van der Waals surface area contributed by atoms with Crippen LogP contribution in [0.5, 0.6) is 0 Å². The predicted molar refractivity (Wildman–Crippen MR) is 118 cm³/mol. The van der Waals surface area contributed by atoms with Gasteiger partial charge in [-0.1, -0.05) is 68.9 Å². The highest BCUT2D eigenvalue weighted by Gasteiger charge is 2.34. The van der Waals surface area contributed by atoms with E-state index in [1.807, 2.05) is 11.6 Å². The minimum Gasteiger partial charge on any atom is -0.305 e. The highest BCUT2D eigenvalue weighted by atomic mass is 32.2. The molecule has 4 rings (SSSR count). The fraction of sp³-hybridized carbons (Fsp3) is 0.304. The minimum absolute atomic E-state index is 0.101. The van der Waals surface area contributed by atoms with Gasteiger partial charge in [-0.05, 0) is 23.1 Å². The number of imide groups is 1. The Morgan fingerprint density at radius 1 is 0.900 bits per heavy atom. The first-order valence-electron chi connectivity index (χ1n) is 9.85. The molecule has 0 radical (unpaired) electrons. The first-order chi connectivity index (χ1) is 14.3. The zero-order chi connectivity index (χ0) is 21.5. The second-order valence-electron chi connectivity index (χ2n) is 8.35. The molecule has 0 fully saturated rings.